The van der Waals surface area contributed by atoms with Crippen molar-refractivity contribution in [3.05, 3.63) is 35.1 Å². The van der Waals surface area contributed by atoms with Gasteiger partial charge in [-0.1, -0.05) is 0 Å². The Balaban J connectivity index is 3.28. The summed E-state index contributed by atoms with van der Waals surface area (Å²) in [7, 11) is 0. The van der Waals surface area contributed by atoms with E-state index in [4.69, 9.17) is 15.3 Å². The molecule has 0 aliphatic heterocycles. The Morgan fingerprint density at radius 1 is 1.36 bits per heavy atom. The summed E-state index contributed by atoms with van der Waals surface area (Å²) < 4.78 is 24.5. The van der Waals surface area contributed by atoms with Crippen molar-refractivity contribution in [3.8, 4) is 0 Å². The van der Waals surface area contributed by atoms with Crippen LogP contribution in [-0.4, -0.2) is 27.4 Å². The Morgan fingerprint density at radius 2 is 1.93 bits per heavy atom. The first-order chi connectivity index (χ1) is 6.45. The fourth-order valence-electron chi connectivity index (χ4n) is 1.04. The van der Waals surface area contributed by atoms with Gasteiger partial charge in [0.05, 0.1) is 11.1 Å². The van der Waals surface area contributed by atoms with Crippen molar-refractivity contribution >= 4 is 5.97 Å². The van der Waals surface area contributed by atoms with Gasteiger partial charge in [-0.25, -0.2) is 4.79 Å². The molecule has 0 heterocycles. The lowest BCUT2D eigenvalue weighted by molar-refractivity contribution is -0.132. The highest BCUT2D eigenvalue weighted by Crippen LogP contribution is 2.28. The van der Waals surface area contributed by atoms with Crippen LogP contribution in [0.5, 0.6) is 0 Å². The van der Waals surface area contributed by atoms with Crippen molar-refractivity contribution in [2.24, 2.45) is 0 Å². The fourth-order valence-corrected chi connectivity index (χ4v) is 1.04. The summed E-state index contributed by atoms with van der Waals surface area (Å²) in [4.78, 5) is 10.5. The van der Waals surface area contributed by atoms with E-state index in [0.717, 1.165) is 12.2 Å². The molecule has 0 fully saturated rings. The second-order valence-electron chi connectivity index (χ2n) is 2.55. The maximum Gasteiger partial charge on any atom is 0.336 e. The molecule has 14 heavy (non-hydrogen) atoms. The third kappa shape index (κ3) is 1.64. The molecule has 6 heteroatoms. The van der Waals surface area contributed by atoms with Crippen LogP contribution in [0.25, 0.3) is 0 Å². The van der Waals surface area contributed by atoms with Crippen molar-refractivity contribution in [3.63, 3.8) is 0 Å². The molecule has 1 unspecified atom stereocenters. The molecule has 1 aliphatic rings. The van der Waals surface area contributed by atoms with Crippen molar-refractivity contribution in [2.75, 3.05) is 0 Å². The van der Waals surface area contributed by atoms with Gasteiger partial charge in [0.25, 0.3) is 6.08 Å². The van der Waals surface area contributed by atoms with E-state index in [9.17, 15) is 13.6 Å². The van der Waals surface area contributed by atoms with Crippen molar-refractivity contribution in [1.29, 1.82) is 0 Å². The standard InChI is InChI=1S/C8H6F2O4/c9-7(10)5-3(8(13)14)1-2-4(11)6(5)12/h1-2,6,11-12H,(H,13,14). The second-order valence-corrected chi connectivity index (χ2v) is 2.55. The predicted octanol–water partition coefficient (Wildman–Crippen LogP) is 0.964. The van der Waals surface area contributed by atoms with Gasteiger partial charge in [0, 0.05) is 0 Å². The van der Waals surface area contributed by atoms with Crippen molar-refractivity contribution in [1.82, 2.24) is 0 Å². The SMILES string of the molecule is O=C(O)C1=CC=C(O)C(O)C1=C(F)F. The zero-order chi connectivity index (χ0) is 10.9. The van der Waals surface area contributed by atoms with Crippen LogP contribution in [0.1, 0.15) is 0 Å². The highest BCUT2D eigenvalue weighted by Gasteiger charge is 2.30. The summed E-state index contributed by atoms with van der Waals surface area (Å²) in [5, 5.41) is 26.5. The van der Waals surface area contributed by atoms with Crippen LogP contribution in [0.15, 0.2) is 35.1 Å². The van der Waals surface area contributed by atoms with Crippen molar-refractivity contribution in [2.45, 2.75) is 6.10 Å². The monoisotopic (exact) mass is 204 g/mol. The Morgan fingerprint density at radius 3 is 2.36 bits per heavy atom. The van der Waals surface area contributed by atoms with Crippen LogP contribution in [-0.2, 0) is 4.79 Å². The lowest BCUT2D eigenvalue weighted by Crippen LogP contribution is -2.22. The smallest absolute Gasteiger partial charge is 0.336 e. The van der Waals surface area contributed by atoms with E-state index in [1.165, 1.54) is 0 Å². The van der Waals surface area contributed by atoms with E-state index in [2.05, 4.69) is 0 Å². The number of rotatable bonds is 1. The van der Waals surface area contributed by atoms with Gasteiger partial charge in [0.2, 0.25) is 0 Å². The molecule has 0 radical (unpaired) electrons. The molecule has 0 bridgehead atoms. The number of carboxylic acids is 1. The zero-order valence-corrected chi connectivity index (χ0v) is 6.74. The molecule has 1 rings (SSSR count). The number of hydrogen-bond donors (Lipinski definition) is 3. The van der Waals surface area contributed by atoms with E-state index < -0.39 is 35.1 Å². The van der Waals surface area contributed by atoms with Gasteiger partial charge in [-0.15, -0.1) is 0 Å². The number of aliphatic hydroxyl groups is 2. The summed E-state index contributed by atoms with van der Waals surface area (Å²) in [6, 6.07) is 0. The van der Waals surface area contributed by atoms with Gasteiger partial charge >= 0.3 is 5.97 Å². The molecule has 0 aromatic heterocycles. The van der Waals surface area contributed by atoms with E-state index in [1.54, 1.807) is 0 Å². The summed E-state index contributed by atoms with van der Waals surface area (Å²) in [5.41, 5.74) is -1.80. The van der Waals surface area contributed by atoms with Gasteiger partial charge < -0.3 is 15.3 Å². The molecular formula is C8H6F2O4. The Hall–Kier alpha value is -1.69. The average Bonchev–Trinajstić information content (AvgIpc) is 2.08. The number of carbonyl (C=O) groups is 1. The highest BCUT2D eigenvalue weighted by molar-refractivity contribution is 5.93. The number of allylic oxidation sites excluding steroid dienone is 2. The summed E-state index contributed by atoms with van der Waals surface area (Å²) >= 11 is 0. The minimum atomic E-state index is -2.33. The number of aliphatic carboxylic acids is 1. The first kappa shape index (κ1) is 10.4. The maximum atomic E-state index is 12.2. The first-order valence-electron chi connectivity index (χ1n) is 3.53. The van der Waals surface area contributed by atoms with Gasteiger partial charge in [-0.05, 0) is 12.2 Å². The number of carboxylic acid groups (broad SMARTS) is 1. The Labute approximate surface area is 77.1 Å². The number of aliphatic hydroxyl groups excluding tert-OH is 2. The van der Waals surface area contributed by atoms with Crippen LogP contribution in [0, 0.1) is 0 Å². The predicted molar refractivity (Wildman–Crippen MR) is 41.7 cm³/mol. The molecule has 0 aromatic carbocycles. The van der Waals surface area contributed by atoms with Crippen LogP contribution < -0.4 is 0 Å². The van der Waals surface area contributed by atoms with Crippen LogP contribution >= 0.6 is 0 Å². The summed E-state index contributed by atoms with van der Waals surface area (Å²) in [6.45, 7) is 0. The summed E-state index contributed by atoms with van der Waals surface area (Å²) in [5.74, 6) is -2.30. The molecule has 1 aliphatic carbocycles. The average molecular weight is 204 g/mol. The third-order valence-electron chi connectivity index (χ3n) is 1.70. The number of hydrogen-bond acceptors (Lipinski definition) is 3. The molecule has 0 amide bonds. The number of halogens is 2. The second kappa shape index (κ2) is 3.59. The third-order valence-corrected chi connectivity index (χ3v) is 1.70. The van der Waals surface area contributed by atoms with Gasteiger partial charge in [0.1, 0.15) is 11.9 Å². The molecule has 3 N–H and O–H groups in total. The Bertz CT molecular complexity index is 364. The molecule has 76 valence electrons. The van der Waals surface area contributed by atoms with E-state index in [-0.39, 0.29) is 0 Å². The molecule has 4 nitrogen and oxygen atoms in total. The minimum Gasteiger partial charge on any atom is -0.509 e. The normalized spacial score (nSPS) is 21.4. The molecule has 0 aromatic rings. The molecule has 1 atom stereocenters. The lowest BCUT2D eigenvalue weighted by Gasteiger charge is -2.17. The Kier molecular flexibility index (Phi) is 2.66. The van der Waals surface area contributed by atoms with Crippen molar-refractivity contribution < 1.29 is 28.9 Å². The van der Waals surface area contributed by atoms with Gasteiger partial charge in [-0.3, -0.25) is 0 Å². The van der Waals surface area contributed by atoms with Crippen LogP contribution in [0.3, 0.4) is 0 Å². The minimum absolute atomic E-state index is 0.710. The van der Waals surface area contributed by atoms with E-state index >= 15 is 0 Å². The summed E-state index contributed by atoms with van der Waals surface area (Å²) in [6.07, 6.45) is -2.64. The largest absolute Gasteiger partial charge is 0.509 e. The topological polar surface area (TPSA) is 77.8 Å². The quantitative estimate of drug-likeness (QED) is 0.594. The van der Waals surface area contributed by atoms with Crippen LogP contribution in [0.4, 0.5) is 8.78 Å². The molecule has 0 saturated heterocycles. The molecular weight excluding hydrogens is 198 g/mol. The highest BCUT2D eigenvalue weighted by atomic mass is 19.3. The zero-order valence-electron chi connectivity index (χ0n) is 6.74. The van der Waals surface area contributed by atoms with Gasteiger partial charge in [0.15, 0.2) is 0 Å². The maximum absolute atomic E-state index is 12.2. The molecule has 0 spiro atoms. The van der Waals surface area contributed by atoms with Gasteiger partial charge in [-0.2, -0.15) is 8.78 Å². The first-order valence-corrected chi connectivity index (χ1v) is 3.53. The fraction of sp³-hybridized carbons (Fsp3) is 0.125. The van der Waals surface area contributed by atoms with Crippen LogP contribution in [0.2, 0.25) is 0 Å². The molecule has 0 saturated carbocycles. The van der Waals surface area contributed by atoms with E-state index in [1.807, 2.05) is 0 Å². The lowest BCUT2D eigenvalue weighted by atomic mass is 9.95. The van der Waals surface area contributed by atoms with E-state index in [0.29, 0.717) is 0 Å².